The van der Waals surface area contributed by atoms with Gasteiger partial charge in [-0.3, -0.25) is 14.4 Å². The van der Waals surface area contributed by atoms with E-state index >= 15 is 8.90 Å². The number of fused-ring (bicyclic) bond motifs is 2. The van der Waals surface area contributed by atoms with Crippen LogP contribution in [0.3, 0.4) is 0 Å². The Hall–Kier alpha value is -5.30. The Morgan fingerprint density at radius 1 is 0.782 bits per heavy atom. The molecule has 4 aliphatic rings. The highest BCUT2D eigenvalue weighted by molar-refractivity contribution is 6.72. The van der Waals surface area contributed by atoms with Crippen molar-refractivity contribution >= 4 is 54.6 Å². The number of halogens is 1. The molecule has 282 valence electrons. The van der Waals surface area contributed by atoms with Crippen LogP contribution in [0.1, 0.15) is 61.3 Å². The number of carbonyl (C=O) groups is 3. The predicted octanol–water partition coefficient (Wildman–Crippen LogP) is 7.45. The number of nitrogens with zero attached hydrogens (tertiary/aromatic N) is 5. The molecule has 8 rings (SSSR count). The summed E-state index contributed by atoms with van der Waals surface area (Å²) < 4.78 is 23.0. The number of anilines is 3. The van der Waals surface area contributed by atoms with Gasteiger partial charge in [0.2, 0.25) is 20.2 Å². The van der Waals surface area contributed by atoms with Gasteiger partial charge in [0.1, 0.15) is 0 Å². The van der Waals surface area contributed by atoms with Gasteiger partial charge in [-0.15, -0.1) is 0 Å². The number of carbonyl (C=O) groups excluding carboxylic acids is 3. The maximum atomic E-state index is 16.3. The molecule has 0 saturated carbocycles. The summed E-state index contributed by atoms with van der Waals surface area (Å²) in [6.07, 6.45) is 1.13. The van der Waals surface area contributed by atoms with Gasteiger partial charge >= 0.3 is 0 Å². The molecule has 55 heavy (non-hydrogen) atoms. The van der Waals surface area contributed by atoms with Crippen molar-refractivity contribution < 1.29 is 28.3 Å². The first kappa shape index (κ1) is 36.7. The molecule has 1 fully saturated rings. The molecule has 0 aromatic heterocycles. The van der Waals surface area contributed by atoms with Crippen molar-refractivity contribution in [1.82, 2.24) is 0 Å². The van der Waals surface area contributed by atoms with Crippen molar-refractivity contribution in [3.8, 4) is 0 Å². The van der Waals surface area contributed by atoms with Crippen LogP contribution in [-0.4, -0.2) is 55.4 Å². The number of ether oxygens (including phenoxy) is 1. The number of rotatable bonds is 9. The highest BCUT2D eigenvalue weighted by Gasteiger charge is 2.66. The Bertz CT molecular complexity index is 2210. The number of amides is 3. The van der Waals surface area contributed by atoms with E-state index in [1.165, 1.54) is 10.0 Å². The monoisotopic (exact) mass is 757 g/mol. The zero-order chi connectivity index (χ0) is 38.5. The van der Waals surface area contributed by atoms with Crippen LogP contribution >= 0.6 is 0 Å². The number of hydrazone groups is 2. The summed E-state index contributed by atoms with van der Waals surface area (Å²) >= 11 is 0. The fourth-order valence-corrected chi connectivity index (χ4v) is 11.4. The van der Waals surface area contributed by atoms with Crippen molar-refractivity contribution in [1.29, 1.82) is 0 Å². The van der Waals surface area contributed by atoms with E-state index in [2.05, 4.69) is 0 Å². The molecule has 0 unspecified atom stereocenters. The first-order valence-electron chi connectivity index (χ1n) is 18.9. The van der Waals surface area contributed by atoms with E-state index < -0.39 is 31.6 Å². The molecule has 4 heterocycles. The fourth-order valence-electron chi connectivity index (χ4n) is 8.87. The zero-order valence-corrected chi connectivity index (χ0v) is 32.2. The number of benzene rings is 4. The summed E-state index contributed by atoms with van der Waals surface area (Å²) in [5, 5.41) is 22.4. The highest BCUT2D eigenvalue weighted by Crippen LogP contribution is 2.60. The van der Waals surface area contributed by atoms with Gasteiger partial charge in [0.05, 0.1) is 41.1 Å². The van der Waals surface area contributed by atoms with E-state index in [-0.39, 0.29) is 43.7 Å². The quantitative estimate of drug-likeness (QED) is 0.141. The minimum Gasteiger partial charge on any atom is -0.396 e. The Morgan fingerprint density at radius 2 is 1.36 bits per heavy atom. The van der Waals surface area contributed by atoms with Crippen LogP contribution < -0.4 is 14.9 Å². The maximum absolute atomic E-state index is 16.3. The van der Waals surface area contributed by atoms with Crippen LogP contribution in [0.25, 0.3) is 0 Å². The summed E-state index contributed by atoms with van der Waals surface area (Å²) in [4.78, 5) is 43.4. The van der Waals surface area contributed by atoms with Gasteiger partial charge in [0.15, 0.2) is 5.60 Å². The van der Waals surface area contributed by atoms with Gasteiger partial charge in [-0.25, -0.2) is 10.0 Å². The molecule has 10 nitrogen and oxygen atoms in total. The van der Waals surface area contributed by atoms with E-state index in [0.717, 1.165) is 28.1 Å². The Labute approximate surface area is 321 Å². The molecule has 0 radical (unpaired) electrons. The molecule has 0 bridgehead atoms. The molecule has 4 atom stereocenters. The van der Waals surface area contributed by atoms with Crippen molar-refractivity contribution in [3.63, 3.8) is 0 Å². The second-order valence-corrected chi connectivity index (χ2v) is 19.1. The van der Waals surface area contributed by atoms with Crippen LogP contribution in [0.15, 0.2) is 113 Å². The topological polar surface area (TPSA) is 115 Å². The first-order chi connectivity index (χ1) is 26.5. The van der Waals surface area contributed by atoms with Crippen LogP contribution in [0.4, 0.5) is 21.2 Å². The molecular formula is C43H44FN5O5Si. The summed E-state index contributed by atoms with van der Waals surface area (Å²) in [6, 6.07) is 32.3. The second kappa shape index (κ2) is 14.4. The molecule has 3 amide bonds. The smallest absolute Gasteiger partial charge is 0.264 e. The summed E-state index contributed by atoms with van der Waals surface area (Å²) in [6.45, 7) is 5.05. The van der Waals surface area contributed by atoms with Crippen LogP contribution in [-0.2, 0) is 31.3 Å². The third-order valence-electron chi connectivity index (χ3n) is 11.4. The van der Waals surface area contributed by atoms with Crippen LogP contribution in [0.2, 0.25) is 18.6 Å². The highest BCUT2D eigenvalue weighted by atomic mass is 28.4. The zero-order valence-electron chi connectivity index (χ0n) is 31.2. The van der Waals surface area contributed by atoms with E-state index in [4.69, 9.17) is 14.9 Å². The average molecular weight is 758 g/mol. The summed E-state index contributed by atoms with van der Waals surface area (Å²) in [5.74, 6) is -1.21. The molecule has 4 aliphatic heterocycles. The second-order valence-electron chi connectivity index (χ2n) is 15.3. The number of hydrogen-bond donors (Lipinski definition) is 1. The van der Waals surface area contributed by atoms with Gasteiger partial charge < -0.3 is 18.9 Å². The predicted molar refractivity (Wildman–Crippen MR) is 213 cm³/mol. The van der Waals surface area contributed by atoms with Gasteiger partial charge in [-0.05, 0) is 66.5 Å². The lowest BCUT2D eigenvalue weighted by atomic mass is 9.82. The molecule has 4 aromatic rings. The molecule has 1 spiro atoms. The molecule has 12 heteroatoms. The number of aliphatic hydroxyl groups is 1. The van der Waals surface area contributed by atoms with Gasteiger partial charge in [-0.2, -0.15) is 10.2 Å². The van der Waals surface area contributed by atoms with E-state index in [1.54, 1.807) is 30.1 Å². The third kappa shape index (κ3) is 6.51. The average Bonchev–Trinajstić information content (AvgIpc) is 3.62. The Kier molecular flexibility index (Phi) is 9.60. The van der Waals surface area contributed by atoms with Gasteiger partial charge in [-0.1, -0.05) is 79.7 Å². The minimum atomic E-state index is -3.44. The third-order valence-corrected chi connectivity index (χ3v) is 13.8. The molecule has 0 aliphatic carbocycles. The molecule has 1 N–H and O–H groups in total. The van der Waals surface area contributed by atoms with Crippen molar-refractivity contribution in [2.24, 2.45) is 16.1 Å². The Balaban J connectivity index is 1.19. The SMILES string of the molecule is C[C@@H]1[C@@H]([Si](C)(C)F)[C@H](CCO)O[C@@]12C(=O)N(Cc1cccc(N3N=C(c4ccccc4)CCC3=O)c1)c1ccc(N3N=C(c4ccccc4)CCC3=O)cc12. The van der Waals surface area contributed by atoms with Gasteiger partial charge in [0.25, 0.3) is 5.91 Å². The van der Waals surface area contributed by atoms with Crippen molar-refractivity contribution in [3.05, 3.63) is 125 Å². The largest absolute Gasteiger partial charge is 0.396 e. The van der Waals surface area contributed by atoms with E-state index in [0.29, 0.717) is 41.9 Å². The summed E-state index contributed by atoms with van der Waals surface area (Å²) in [7, 11) is -3.44. The number of aliphatic hydroxyl groups excluding tert-OH is 1. The normalized spacial score (nSPS) is 24.1. The number of hydrogen-bond acceptors (Lipinski definition) is 7. The van der Waals surface area contributed by atoms with Crippen molar-refractivity contribution in [2.75, 3.05) is 21.5 Å². The summed E-state index contributed by atoms with van der Waals surface area (Å²) in [5.41, 5.74) is 4.28. The standard InChI is InChI=1S/C43H44FN5O5Si/c1-28-41(55(2,3)44)38(23-24-50)54-43(28)34-26-33(49-40(52)22-19-36(46-49)31-14-8-5-9-15-31)17-20-37(34)47(42(43)53)27-29-11-10-16-32(25-29)48-39(51)21-18-35(45-48)30-12-6-4-7-13-30/h4-17,20,25-26,28,38,41,50H,18-19,21-24,27H2,1-3H3/t28-,38+,41-,43+/m1/s1. The molecule has 4 aromatic carbocycles. The lowest BCUT2D eigenvalue weighted by Gasteiger charge is -2.31. The van der Waals surface area contributed by atoms with E-state index in [1.807, 2.05) is 97.9 Å². The Morgan fingerprint density at radius 3 is 1.93 bits per heavy atom. The maximum Gasteiger partial charge on any atom is 0.264 e. The lowest BCUT2D eigenvalue weighted by molar-refractivity contribution is -0.146. The lowest BCUT2D eigenvalue weighted by Crippen LogP contribution is -2.45. The van der Waals surface area contributed by atoms with Crippen LogP contribution in [0, 0.1) is 5.92 Å². The van der Waals surface area contributed by atoms with Crippen molar-refractivity contribution in [2.45, 2.75) is 75.9 Å². The molecule has 1 saturated heterocycles. The van der Waals surface area contributed by atoms with E-state index in [9.17, 15) is 14.7 Å². The fraction of sp³-hybridized carbons (Fsp3) is 0.326. The van der Waals surface area contributed by atoms with Gasteiger partial charge in [0, 0.05) is 49.3 Å². The molecular weight excluding hydrogens is 714 g/mol. The minimum absolute atomic E-state index is 0.122. The van der Waals surface area contributed by atoms with Crippen LogP contribution in [0.5, 0.6) is 0 Å². The first-order valence-corrected chi connectivity index (χ1v) is 21.9.